The van der Waals surface area contributed by atoms with Crippen LogP contribution in [0, 0.1) is 0 Å². The second kappa shape index (κ2) is 3.55. The lowest BCUT2D eigenvalue weighted by atomic mass is 10.1. The molecule has 1 atom stereocenters. The molecule has 1 heterocycles. The van der Waals surface area contributed by atoms with Crippen molar-refractivity contribution in [3.05, 3.63) is 23.9 Å². The average molecular weight is 154 g/mol. The third-order valence-electron chi connectivity index (χ3n) is 1.85. The van der Waals surface area contributed by atoms with Crippen LogP contribution in [0.1, 0.15) is 0 Å². The van der Waals surface area contributed by atoms with Gasteiger partial charge in [0.25, 0.3) is 0 Å². The van der Waals surface area contributed by atoms with Gasteiger partial charge in [0.05, 0.1) is 12.6 Å². The summed E-state index contributed by atoms with van der Waals surface area (Å²) in [6, 6.07) is 0.283. The summed E-state index contributed by atoms with van der Waals surface area (Å²) in [7, 11) is 1.96. The number of aliphatic hydroxyl groups excluding tert-OH is 1. The van der Waals surface area contributed by atoms with Gasteiger partial charge >= 0.3 is 0 Å². The lowest BCUT2D eigenvalue weighted by Crippen LogP contribution is -2.34. The Hall–Kier alpha value is -0.800. The lowest BCUT2D eigenvalue weighted by molar-refractivity contribution is 0.321. The van der Waals surface area contributed by atoms with E-state index in [-0.39, 0.29) is 12.6 Å². The highest BCUT2D eigenvalue weighted by Crippen LogP contribution is 2.09. The third-order valence-corrected chi connectivity index (χ3v) is 1.85. The number of rotatable bonds is 2. The number of aliphatic hydroxyl groups is 1. The van der Waals surface area contributed by atoms with Gasteiger partial charge in [-0.3, -0.25) is 0 Å². The topological polar surface area (TPSA) is 49.5 Å². The van der Waals surface area contributed by atoms with Crippen LogP contribution < -0.4 is 5.73 Å². The average Bonchev–Trinajstić information content (AvgIpc) is 2.04. The lowest BCUT2D eigenvalue weighted by Gasteiger charge is -2.26. The first-order chi connectivity index (χ1) is 5.27. The summed E-state index contributed by atoms with van der Waals surface area (Å²) in [4.78, 5) is 2.01. The van der Waals surface area contributed by atoms with Crippen molar-refractivity contribution in [1.29, 1.82) is 0 Å². The van der Waals surface area contributed by atoms with Crippen LogP contribution in [-0.4, -0.2) is 36.2 Å². The number of hydrogen-bond acceptors (Lipinski definition) is 3. The highest BCUT2D eigenvalue weighted by Gasteiger charge is 2.10. The van der Waals surface area contributed by atoms with Gasteiger partial charge in [-0.05, 0) is 5.57 Å². The molecule has 3 nitrogen and oxygen atoms in total. The molecule has 1 aliphatic rings. The Morgan fingerprint density at radius 2 is 2.45 bits per heavy atom. The monoisotopic (exact) mass is 154 g/mol. The summed E-state index contributed by atoms with van der Waals surface area (Å²) in [5.41, 5.74) is 6.42. The van der Waals surface area contributed by atoms with Gasteiger partial charge in [0.15, 0.2) is 0 Å². The molecule has 0 amide bonds. The molecule has 3 N–H and O–H groups in total. The SMILES string of the molecule is CN1C=C(CO)C=CC1CN. The maximum Gasteiger partial charge on any atom is 0.0695 e. The first-order valence-electron chi connectivity index (χ1n) is 3.69. The summed E-state index contributed by atoms with van der Waals surface area (Å²) < 4.78 is 0. The van der Waals surface area contributed by atoms with E-state index in [2.05, 4.69) is 0 Å². The fourth-order valence-corrected chi connectivity index (χ4v) is 1.11. The molecule has 3 heteroatoms. The van der Waals surface area contributed by atoms with Crippen molar-refractivity contribution in [2.75, 3.05) is 20.2 Å². The number of nitrogens with zero attached hydrogens (tertiary/aromatic N) is 1. The molecule has 0 radical (unpaired) electrons. The van der Waals surface area contributed by atoms with Crippen LogP contribution in [-0.2, 0) is 0 Å². The molecule has 1 aliphatic heterocycles. The fraction of sp³-hybridized carbons (Fsp3) is 0.500. The summed E-state index contributed by atoms with van der Waals surface area (Å²) in [5.74, 6) is 0. The number of hydrogen-bond donors (Lipinski definition) is 2. The van der Waals surface area contributed by atoms with Gasteiger partial charge in [-0.1, -0.05) is 12.2 Å². The van der Waals surface area contributed by atoms with Gasteiger partial charge in [0.1, 0.15) is 0 Å². The minimum atomic E-state index is 0.0954. The van der Waals surface area contributed by atoms with E-state index in [4.69, 9.17) is 10.8 Å². The van der Waals surface area contributed by atoms with E-state index < -0.39 is 0 Å². The van der Waals surface area contributed by atoms with Crippen molar-refractivity contribution in [3.8, 4) is 0 Å². The minimum Gasteiger partial charge on any atom is -0.392 e. The van der Waals surface area contributed by atoms with Crippen LogP contribution in [0.5, 0.6) is 0 Å². The summed E-state index contributed by atoms with van der Waals surface area (Å²) in [6.07, 6.45) is 5.83. The molecule has 0 aromatic heterocycles. The van der Waals surface area contributed by atoms with E-state index in [1.165, 1.54) is 0 Å². The zero-order valence-corrected chi connectivity index (χ0v) is 6.70. The maximum atomic E-state index is 8.79. The number of likely N-dealkylation sites (N-methyl/N-ethyl adjacent to an activating group) is 1. The van der Waals surface area contributed by atoms with Crippen LogP contribution in [0.4, 0.5) is 0 Å². The van der Waals surface area contributed by atoms with Gasteiger partial charge < -0.3 is 15.7 Å². The van der Waals surface area contributed by atoms with Crippen LogP contribution in [0.15, 0.2) is 23.9 Å². The van der Waals surface area contributed by atoms with Crippen molar-refractivity contribution in [2.24, 2.45) is 5.73 Å². The highest BCUT2D eigenvalue weighted by atomic mass is 16.3. The normalized spacial score (nSPS) is 23.7. The van der Waals surface area contributed by atoms with Crippen LogP contribution in [0.3, 0.4) is 0 Å². The molecule has 0 spiro atoms. The third kappa shape index (κ3) is 1.82. The highest BCUT2D eigenvalue weighted by molar-refractivity contribution is 5.24. The van der Waals surface area contributed by atoms with E-state index in [1.807, 2.05) is 30.3 Å². The molecule has 1 rings (SSSR count). The maximum absolute atomic E-state index is 8.79. The van der Waals surface area contributed by atoms with Gasteiger partial charge in [0.2, 0.25) is 0 Å². The molecule has 0 aliphatic carbocycles. The first-order valence-corrected chi connectivity index (χ1v) is 3.69. The van der Waals surface area contributed by atoms with E-state index in [0.717, 1.165) is 5.57 Å². The predicted molar refractivity (Wildman–Crippen MR) is 44.9 cm³/mol. The molecule has 1 unspecified atom stereocenters. The minimum absolute atomic E-state index is 0.0954. The second-order valence-corrected chi connectivity index (χ2v) is 2.69. The molecular weight excluding hydrogens is 140 g/mol. The molecule has 0 aromatic rings. The molecular formula is C8H14N2O. The summed E-state index contributed by atoms with van der Waals surface area (Å²) in [6.45, 7) is 0.709. The Bertz CT molecular complexity index is 187. The van der Waals surface area contributed by atoms with Crippen LogP contribution >= 0.6 is 0 Å². The quantitative estimate of drug-likeness (QED) is 0.573. The van der Waals surface area contributed by atoms with Crippen molar-refractivity contribution in [3.63, 3.8) is 0 Å². The summed E-state index contributed by atoms with van der Waals surface area (Å²) in [5, 5.41) is 8.79. The Labute approximate surface area is 66.8 Å². The van der Waals surface area contributed by atoms with E-state index in [1.54, 1.807) is 0 Å². The standard InChI is InChI=1S/C8H14N2O/c1-10-5-7(6-11)2-3-8(10)4-9/h2-3,5,8,11H,4,6,9H2,1H3. The Balaban J connectivity index is 2.63. The predicted octanol–water partition coefficient (Wildman–Crippen LogP) is -0.308. The van der Waals surface area contributed by atoms with E-state index in [0.29, 0.717) is 6.54 Å². The van der Waals surface area contributed by atoms with Crippen molar-refractivity contribution < 1.29 is 5.11 Å². The molecule has 0 fully saturated rings. The molecule has 0 saturated heterocycles. The first kappa shape index (κ1) is 8.30. The molecule has 0 saturated carbocycles. The fourth-order valence-electron chi connectivity index (χ4n) is 1.11. The van der Waals surface area contributed by atoms with Crippen LogP contribution in [0.25, 0.3) is 0 Å². The van der Waals surface area contributed by atoms with Crippen molar-refractivity contribution in [1.82, 2.24) is 4.90 Å². The molecule has 0 bridgehead atoms. The van der Waals surface area contributed by atoms with Crippen molar-refractivity contribution in [2.45, 2.75) is 6.04 Å². The second-order valence-electron chi connectivity index (χ2n) is 2.69. The Morgan fingerprint density at radius 1 is 1.73 bits per heavy atom. The van der Waals surface area contributed by atoms with Gasteiger partial charge in [0, 0.05) is 19.8 Å². The smallest absolute Gasteiger partial charge is 0.0695 e. The van der Waals surface area contributed by atoms with Gasteiger partial charge in [-0.25, -0.2) is 0 Å². The largest absolute Gasteiger partial charge is 0.392 e. The molecule has 62 valence electrons. The molecule has 0 aromatic carbocycles. The van der Waals surface area contributed by atoms with E-state index in [9.17, 15) is 0 Å². The Kier molecular flexibility index (Phi) is 2.68. The van der Waals surface area contributed by atoms with Crippen molar-refractivity contribution >= 4 is 0 Å². The van der Waals surface area contributed by atoms with Gasteiger partial charge in [-0.2, -0.15) is 0 Å². The zero-order chi connectivity index (χ0) is 8.27. The number of nitrogens with two attached hydrogens (primary N) is 1. The van der Waals surface area contributed by atoms with Gasteiger partial charge in [-0.15, -0.1) is 0 Å². The Morgan fingerprint density at radius 3 is 2.91 bits per heavy atom. The zero-order valence-electron chi connectivity index (χ0n) is 6.70. The van der Waals surface area contributed by atoms with Crippen LogP contribution in [0.2, 0.25) is 0 Å². The van der Waals surface area contributed by atoms with E-state index >= 15 is 0 Å². The molecule has 11 heavy (non-hydrogen) atoms. The summed E-state index contributed by atoms with van der Waals surface area (Å²) >= 11 is 0.